The number of hydrogen-bond donors (Lipinski definition) is 1. The molecule has 2 unspecified atom stereocenters. The smallest absolute Gasteiger partial charge is 0.317 e. The largest absolute Gasteiger partial charge is 0.480 e. The lowest BCUT2D eigenvalue weighted by molar-refractivity contribution is -0.136. The Morgan fingerprint density at radius 3 is 2.25 bits per heavy atom. The third kappa shape index (κ3) is 3.38. The number of hydrogen-bond acceptors (Lipinski definition) is 3. The number of carboxylic acids is 1. The highest BCUT2D eigenvalue weighted by Gasteiger charge is 2.27. The fourth-order valence-corrected chi connectivity index (χ4v) is 2.30. The molecule has 0 aliphatic rings. The molecule has 0 aliphatic carbocycles. The van der Waals surface area contributed by atoms with E-state index in [1.807, 2.05) is 37.3 Å². The Morgan fingerprint density at radius 2 is 1.81 bits per heavy atom. The summed E-state index contributed by atoms with van der Waals surface area (Å²) >= 11 is 0.872. The van der Waals surface area contributed by atoms with Crippen LogP contribution in [0.5, 0.6) is 0 Å². The zero-order valence-electron chi connectivity index (χ0n) is 9.21. The summed E-state index contributed by atoms with van der Waals surface area (Å²) < 4.78 is 0. The Hall–Kier alpha value is -1.29. The van der Waals surface area contributed by atoms with Crippen LogP contribution >= 0.6 is 11.8 Å². The molecule has 0 amide bonds. The number of carbonyl (C=O) groups excluding carboxylic acids is 1. The van der Waals surface area contributed by atoms with E-state index in [4.69, 9.17) is 5.11 Å². The van der Waals surface area contributed by atoms with E-state index in [0.29, 0.717) is 0 Å². The second-order valence-corrected chi connectivity index (χ2v) is 4.89. The molecule has 0 saturated heterocycles. The molecule has 0 aromatic heterocycles. The van der Waals surface area contributed by atoms with Crippen molar-refractivity contribution in [1.82, 2.24) is 0 Å². The molecule has 4 heteroatoms. The standard InChI is InChI=1S/C12H14O3S/c1-8(10-6-4-3-5-7-10)11(12(14)15)16-9(2)13/h3-8,11H,1-2H3,(H,14,15). The van der Waals surface area contributed by atoms with E-state index in [2.05, 4.69) is 0 Å². The van der Waals surface area contributed by atoms with Gasteiger partial charge in [0, 0.05) is 12.8 Å². The number of carboxylic acid groups (broad SMARTS) is 1. The van der Waals surface area contributed by atoms with Gasteiger partial charge in [-0.25, -0.2) is 0 Å². The van der Waals surface area contributed by atoms with Gasteiger partial charge in [-0.2, -0.15) is 0 Å². The molecule has 1 aromatic carbocycles. The van der Waals surface area contributed by atoms with Crippen LogP contribution in [0.25, 0.3) is 0 Å². The van der Waals surface area contributed by atoms with E-state index in [0.717, 1.165) is 17.3 Å². The summed E-state index contributed by atoms with van der Waals surface area (Å²) in [5.74, 6) is -1.14. The molecule has 0 spiro atoms. The van der Waals surface area contributed by atoms with E-state index in [1.54, 1.807) is 0 Å². The summed E-state index contributed by atoms with van der Waals surface area (Å²) in [6.45, 7) is 3.21. The highest BCUT2D eigenvalue weighted by Crippen LogP contribution is 2.28. The van der Waals surface area contributed by atoms with Crippen LogP contribution in [0.1, 0.15) is 25.3 Å². The molecule has 0 radical (unpaired) electrons. The maximum atomic E-state index is 11.1. The first-order valence-corrected chi connectivity index (χ1v) is 5.85. The van der Waals surface area contributed by atoms with Crippen molar-refractivity contribution in [1.29, 1.82) is 0 Å². The minimum Gasteiger partial charge on any atom is -0.480 e. The van der Waals surface area contributed by atoms with E-state index in [9.17, 15) is 9.59 Å². The first-order chi connectivity index (χ1) is 7.52. The summed E-state index contributed by atoms with van der Waals surface area (Å²) in [6, 6.07) is 9.36. The van der Waals surface area contributed by atoms with Crippen molar-refractivity contribution in [2.24, 2.45) is 0 Å². The Bertz CT molecular complexity index is 375. The number of benzene rings is 1. The maximum absolute atomic E-state index is 11.1. The number of thioether (sulfide) groups is 1. The van der Waals surface area contributed by atoms with Crippen LogP contribution in [-0.4, -0.2) is 21.4 Å². The molecule has 16 heavy (non-hydrogen) atoms. The second-order valence-electron chi connectivity index (χ2n) is 3.57. The van der Waals surface area contributed by atoms with Gasteiger partial charge in [0.1, 0.15) is 5.25 Å². The van der Waals surface area contributed by atoms with Crippen LogP contribution in [0.15, 0.2) is 30.3 Å². The molecule has 0 saturated carbocycles. The number of carbonyl (C=O) groups is 2. The van der Waals surface area contributed by atoms with Crippen molar-refractivity contribution in [2.45, 2.75) is 25.0 Å². The molecule has 1 aromatic rings. The fraction of sp³-hybridized carbons (Fsp3) is 0.333. The topological polar surface area (TPSA) is 54.4 Å². The average Bonchev–Trinajstić information content (AvgIpc) is 2.25. The number of aliphatic carboxylic acids is 1. The molecule has 0 bridgehead atoms. The van der Waals surface area contributed by atoms with Crippen molar-refractivity contribution in [2.75, 3.05) is 0 Å². The van der Waals surface area contributed by atoms with Gasteiger partial charge < -0.3 is 5.11 Å². The Labute approximate surface area is 98.9 Å². The van der Waals surface area contributed by atoms with Gasteiger partial charge in [-0.05, 0) is 5.56 Å². The predicted octanol–water partition coefficient (Wildman–Crippen LogP) is 2.52. The highest BCUT2D eigenvalue weighted by molar-refractivity contribution is 8.14. The lowest BCUT2D eigenvalue weighted by Gasteiger charge is -2.18. The zero-order valence-corrected chi connectivity index (χ0v) is 10.0. The first-order valence-electron chi connectivity index (χ1n) is 4.97. The molecule has 1 rings (SSSR count). The molecule has 0 fully saturated rings. The summed E-state index contributed by atoms with van der Waals surface area (Å²) in [4.78, 5) is 22.1. The molecule has 2 atom stereocenters. The minimum atomic E-state index is -0.948. The summed E-state index contributed by atoms with van der Waals surface area (Å²) in [7, 11) is 0. The zero-order chi connectivity index (χ0) is 12.1. The fourth-order valence-electron chi connectivity index (χ4n) is 1.48. The third-order valence-corrected chi connectivity index (χ3v) is 3.51. The Balaban J connectivity index is 2.87. The van der Waals surface area contributed by atoms with Gasteiger partial charge in [0.25, 0.3) is 0 Å². The van der Waals surface area contributed by atoms with Crippen LogP contribution in [0, 0.1) is 0 Å². The summed E-state index contributed by atoms with van der Waals surface area (Å²) in [6.07, 6.45) is 0. The van der Waals surface area contributed by atoms with Gasteiger partial charge >= 0.3 is 5.97 Å². The van der Waals surface area contributed by atoms with Crippen molar-refractivity contribution in [3.05, 3.63) is 35.9 Å². The summed E-state index contributed by atoms with van der Waals surface area (Å²) in [5, 5.41) is 8.19. The van der Waals surface area contributed by atoms with Gasteiger partial charge in [-0.3, -0.25) is 9.59 Å². The van der Waals surface area contributed by atoms with E-state index in [1.165, 1.54) is 6.92 Å². The third-order valence-electron chi connectivity index (χ3n) is 2.32. The normalized spacial score (nSPS) is 14.1. The van der Waals surface area contributed by atoms with E-state index in [-0.39, 0.29) is 11.0 Å². The molecule has 0 aliphatic heterocycles. The lowest BCUT2D eigenvalue weighted by atomic mass is 9.98. The van der Waals surface area contributed by atoms with E-state index < -0.39 is 11.2 Å². The van der Waals surface area contributed by atoms with Crippen molar-refractivity contribution < 1.29 is 14.7 Å². The van der Waals surface area contributed by atoms with Crippen LogP contribution in [-0.2, 0) is 9.59 Å². The molecule has 1 N–H and O–H groups in total. The van der Waals surface area contributed by atoms with Gasteiger partial charge in [0.2, 0.25) is 0 Å². The van der Waals surface area contributed by atoms with Gasteiger partial charge in [0.15, 0.2) is 5.12 Å². The predicted molar refractivity (Wildman–Crippen MR) is 64.6 cm³/mol. The molecule has 86 valence electrons. The summed E-state index contributed by atoms with van der Waals surface area (Å²) in [5.41, 5.74) is 0.934. The van der Waals surface area contributed by atoms with Crippen LogP contribution in [0.2, 0.25) is 0 Å². The minimum absolute atomic E-state index is 0.171. The Kier molecular flexibility index (Phi) is 4.55. The van der Waals surface area contributed by atoms with Crippen molar-refractivity contribution in [3.63, 3.8) is 0 Å². The van der Waals surface area contributed by atoms with Gasteiger partial charge in [-0.15, -0.1) is 0 Å². The number of rotatable bonds is 4. The van der Waals surface area contributed by atoms with Gasteiger partial charge in [-0.1, -0.05) is 49.0 Å². The van der Waals surface area contributed by atoms with E-state index >= 15 is 0 Å². The van der Waals surface area contributed by atoms with Crippen LogP contribution in [0.3, 0.4) is 0 Å². The molecular weight excluding hydrogens is 224 g/mol. The lowest BCUT2D eigenvalue weighted by Crippen LogP contribution is -2.24. The van der Waals surface area contributed by atoms with Crippen molar-refractivity contribution in [3.8, 4) is 0 Å². The van der Waals surface area contributed by atoms with Crippen LogP contribution in [0.4, 0.5) is 0 Å². The molecular formula is C12H14O3S. The first kappa shape index (κ1) is 12.8. The quantitative estimate of drug-likeness (QED) is 0.875. The van der Waals surface area contributed by atoms with Crippen LogP contribution < -0.4 is 0 Å². The van der Waals surface area contributed by atoms with Crippen molar-refractivity contribution >= 4 is 22.8 Å². The molecule has 3 nitrogen and oxygen atoms in total. The average molecular weight is 238 g/mol. The highest BCUT2D eigenvalue weighted by atomic mass is 32.2. The second kappa shape index (κ2) is 5.70. The SMILES string of the molecule is CC(=O)SC(C(=O)O)C(C)c1ccccc1. The van der Waals surface area contributed by atoms with Gasteiger partial charge in [0.05, 0.1) is 0 Å². The Morgan fingerprint density at radius 1 is 1.25 bits per heavy atom. The molecule has 0 heterocycles. The maximum Gasteiger partial charge on any atom is 0.317 e. The monoisotopic (exact) mass is 238 g/mol.